The van der Waals surface area contributed by atoms with Gasteiger partial charge in [0.25, 0.3) is 0 Å². The van der Waals surface area contributed by atoms with Crippen LogP contribution in [0.2, 0.25) is 0 Å². The monoisotopic (exact) mass is 410 g/mol. The molecule has 2 aliphatic heterocycles. The molecule has 4 rings (SSSR count). The number of fused-ring (bicyclic) bond motifs is 1. The molecule has 0 amide bonds. The maximum Gasteiger partial charge on any atom is 0.120 e. The maximum absolute atomic E-state index is 5.81. The van der Waals surface area contributed by atoms with Crippen LogP contribution in [0.5, 0.6) is 5.75 Å². The van der Waals surface area contributed by atoms with Crippen LogP contribution in [-0.4, -0.2) is 31.3 Å². The predicted molar refractivity (Wildman–Crippen MR) is 114 cm³/mol. The highest BCUT2D eigenvalue weighted by Gasteiger charge is 2.25. The molecule has 2 heterocycles. The molecular formula is C21H28Cl2N2O2. The van der Waals surface area contributed by atoms with Crippen molar-refractivity contribution in [2.45, 2.75) is 38.6 Å². The van der Waals surface area contributed by atoms with Crippen molar-refractivity contribution in [1.29, 1.82) is 0 Å². The summed E-state index contributed by atoms with van der Waals surface area (Å²) in [5, 5.41) is 3.53. The van der Waals surface area contributed by atoms with Crippen LogP contribution in [0.15, 0.2) is 42.5 Å². The van der Waals surface area contributed by atoms with Gasteiger partial charge >= 0.3 is 0 Å². The van der Waals surface area contributed by atoms with E-state index in [-0.39, 0.29) is 24.8 Å². The summed E-state index contributed by atoms with van der Waals surface area (Å²) in [6, 6.07) is 14.8. The lowest BCUT2D eigenvalue weighted by molar-refractivity contribution is 0.0723. The molecule has 1 saturated heterocycles. The molecule has 6 heteroatoms. The first-order chi connectivity index (χ1) is 12.3. The van der Waals surface area contributed by atoms with Crippen LogP contribution >= 0.6 is 24.8 Å². The molecule has 1 unspecified atom stereocenters. The highest BCUT2D eigenvalue weighted by Crippen LogP contribution is 2.28. The molecule has 0 spiro atoms. The smallest absolute Gasteiger partial charge is 0.120 e. The standard InChI is InChI=1S/C21H26N2O2.2ClH/c1-24-19-8-3-7-18(11-19)22-12-16-5-2-6-17-13-23(15-21(16)17)14-20-9-4-10-25-20;;/h2-3,5-8,11,20,22H,4,9-10,12-15H2,1H3;2*1H. The van der Waals surface area contributed by atoms with E-state index in [0.29, 0.717) is 6.10 Å². The SMILES string of the molecule is COc1cccc(NCc2cccc3c2CN(CC2CCCO2)C3)c1.Cl.Cl. The van der Waals surface area contributed by atoms with E-state index in [1.54, 1.807) is 7.11 Å². The number of methoxy groups -OCH3 is 1. The van der Waals surface area contributed by atoms with Crippen LogP contribution in [0.4, 0.5) is 5.69 Å². The lowest BCUT2D eigenvalue weighted by atomic mass is 10.0. The van der Waals surface area contributed by atoms with Crippen LogP contribution < -0.4 is 10.1 Å². The topological polar surface area (TPSA) is 33.7 Å². The number of anilines is 1. The van der Waals surface area contributed by atoms with Gasteiger partial charge in [0.1, 0.15) is 5.75 Å². The van der Waals surface area contributed by atoms with E-state index in [1.165, 1.54) is 29.5 Å². The lowest BCUT2D eigenvalue weighted by Gasteiger charge is -2.19. The number of benzene rings is 2. The molecule has 4 nitrogen and oxygen atoms in total. The zero-order chi connectivity index (χ0) is 17.1. The van der Waals surface area contributed by atoms with Gasteiger partial charge in [0.05, 0.1) is 13.2 Å². The Hall–Kier alpha value is -1.46. The number of hydrogen-bond donors (Lipinski definition) is 1. The van der Waals surface area contributed by atoms with Crippen molar-refractivity contribution in [2.75, 3.05) is 25.6 Å². The van der Waals surface area contributed by atoms with Gasteiger partial charge in [0.15, 0.2) is 0 Å². The van der Waals surface area contributed by atoms with Crippen LogP contribution in [-0.2, 0) is 24.4 Å². The minimum Gasteiger partial charge on any atom is -0.497 e. The molecule has 148 valence electrons. The van der Waals surface area contributed by atoms with E-state index in [2.05, 4.69) is 34.5 Å². The van der Waals surface area contributed by atoms with Crippen LogP contribution in [0.3, 0.4) is 0 Å². The average molecular weight is 411 g/mol. The van der Waals surface area contributed by atoms with E-state index < -0.39 is 0 Å². The summed E-state index contributed by atoms with van der Waals surface area (Å²) in [7, 11) is 1.70. The second-order valence-electron chi connectivity index (χ2n) is 6.94. The molecule has 1 atom stereocenters. The number of nitrogens with one attached hydrogen (secondary N) is 1. The van der Waals surface area contributed by atoms with Gasteiger partial charge in [-0.15, -0.1) is 24.8 Å². The van der Waals surface area contributed by atoms with Gasteiger partial charge in [-0.2, -0.15) is 0 Å². The minimum atomic E-state index is 0. The quantitative estimate of drug-likeness (QED) is 0.751. The van der Waals surface area contributed by atoms with Crippen molar-refractivity contribution < 1.29 is 9.47 Å². The summed E-state index contributed by atoms with van der Waals surface area (Å²) in [6.07, 6.45) is 2.84. The normalized spacial score (nSPS) is 18.3. The first kappa shape index (κ1) is 21.8. The van der Waals surface area contributed by atoms with Gasteiger partial charge < -0.3 is 14.8 Å². The third-order valence-corrected chi connectivity index (χ3v) is 5.18. The number of hydrogen-bond acceptors (Lipinski definition) is 4. The second-order valence-corrected chi connectivity index (χ2v) is 6.94. The molecular weight excluding hydrogens is 383 g/mol. The molecule has 2 aliphatic rings. The van der Waals surface area contributed by atoms with E-state index in [1.807, 2.05) is 18.2 Å². The van der Waals surface area contributed by atoms with E-state index in [9.17, 15) is 0 Å². The predicted octanol–water partition coefficient (Wildman–Crippen LogP) is 4.65. The third-order valence-electron chi connectivity index (χ3n) is 5.18. The van der Waals surface area contributed by atoms with Gasteiger partial charge in [-0.05, 0) is 41.7 Å². The van der Waals surface area contributed by atoms with Crippen molar-refractivity contribution in [3.05, 3.63) is 59.2 Å². The van der Waals surface area contributed by atoms with Gasteiger partial charge in [0.2, 0.25) is 0 Å². The van der Waals surface area contributed by atoms with Crippen molar-refractivity contribution in [1.82, 2.24) is 4.90 Å². The van der Waals surface area contributed by atoms with E-state index in [0.717, 1.165) is 44.2 Å². The van der Waals surface area contributed by atoms with E-state index in [4.69, 9.17) is 9.47 Å². The zero-order valence-electron chi connectivity index (χ0n) is 15.6. The average Bonchev–Trinajstić information content (AvgIpc) is 3.29. The fourth-order valence-electron chi connectivity index (χ4n) is 3.86. The highest BCUT2D eigenvalue weighted by molar-refractivity contribution is 5.85. The van der Waals surface area contributed by atoms with Crippen molar-refractivity contribution in [3.63, 3.8) is 0 Å². The Morgan fingerprint density at radius 1 is 1.15 bits per heavy atom. The number of halogens is 2. The molecule has 1 N–H and O–H groups in total. The third kappa shape index (κ3) is 5.29. The molecule has 2 aromatic carbocycles. The fourth-order valence-corrected chi connectivity index (χ4v) is 3.86. The molecule has 0 saturated carbocycles. The Bertz CT molecular complexity index is 736. The highest BCUT2D eigenvalue weighted by atomic mass is 35.5. The lowest BCUT2D eigenvalue weighted by Crippen LogP contribution is -2.27. The summed E-state index contributed by atoms with van der Waals surface area (Å²) < 4.78 is 11.1. The Kier molecular flexibility index (Phi) is 8.24. The number of nitrogens with zero attached hydrogens (tertiary/aromatic N) is 1. The Balaban J connectivity index is 0.00000131. The first-order valence-corrected chi connectivity index (χ1v) is 9.13. The summed E-state index contributed by atoms with van der Waals surface area (Å²) >= 11 is 0. The van der Waals surface area contributed by atoms with Gasteiger partial charge in [-0.1, -0.05) is 24.3 Å². The molecule has 2 aromatic rings. The van der Waals surface area contributed by atoms with Crippen LogP contribution in [0, 0.1) is 0 Å². The van der Waals surface area contributed by atoms with Gasteiger partial charge in [-0.25, -0.2) is 0 Å². The summed E-state index contributed by atoms with van der Waals surface area (Å²) in [4.78, 5) is 2.52. The van der Waals surface area contributed by atoms with E-state index >= 15 is 0 Å². The minimum absolute atomic E-state index is 0. The second kappa shape index (κ2) is 10.2. The van der Waals surface area contributed by atoms with Gasteiger partial charge in [-0.3, -0.25) is 4.90 Å². The van der Waals surface area contributed by atoms with Crippen molar-refractivity contribution >= 4 is 30.5 Å². The molecule has 0 bridgehead atoms. The Morgan fingerprint density at radius 3 is 2.78 bits per heavy atom. The van der Waals surface area contributed by atoms with Crippen LogP contribution in [0.1, 0.15) is 29.5 Å². The van der Waals surface area contributed by atoms with Gasteiger partial charge in [0, 0.05) is 44.5 Å². The van der Waals surface area contributed by atoms with Crippen LogP contribution in [0.25, 0.3) is 0 Å². The largest absolute Gasteiger partial charge is 0.497 e. The maximum atomic E-state index is 5.81. The zero-order valence-corrected chi connectivity index (χ0v) is 17.3. The summed E-state index contributed by atoms with van der Waals surface area (Å²) in [5.74, 6) is 0.881. The number of rotatable bonds is 6. The van der Waals surface area contributed by atoms with Crippen molar-refractivity contribution in [3.8, 4) is 5.75 Å². The number of ether oxygens (including phenoxy) is 2. The van der Waals surface area contributed by atoms with Crippen molar-refractivity contribution in [2.24, 2.45) is 0 Å². The molecule has 27 heavy (non-hydrogen) atoms. The Morgan fingerprint density at radius 2 is 2.00 bits per heavy atom. The summed E-state index contributed by atoms with van der Waals surface area (Å²) in [5.41, 5.74) is 5.42. The molecule has 0 aliphatic carbocycles. The molecule has 0 aromatic heterocycles. The summed E-state index contributed by atoms with van der Waals surface area (Å²) in [6.45, 7) is 4.90. The fraction of sp³-hybridized carbons (Fsp3) is 0.429. The Labute approximate surface area is 174 Å². The molecule has 1 fully saturated rings. The first-order valence-electron chi connectivity index (χ1n) is 9.13. The molecule has 0 radical (unpaired) electrons.